The molecule has 0 bridgehead atoms. The zero-order chi connectivity index (χ0) is 17.2. The summed E-state index contributed by atoms with van der Waals surface area (Å²) in [6, 6.07) is 3.96. The summed E-state index contributed by atoms with van der Waals surface area (Å²) in [5, 5.41) is 0. The van der Waals surface area contributed by atoms with E-state index in [1.54, 1.807) is 19.9 Å². The standard InChI is InChI=1S/C13H12F3N3O3S/c1-7-5-8(2)18-13(17-7)19-23(20,21)9-3-4-11(10(14)6-9)22-12(15)16/h3-6,12H,1-2H3,(H,17,18,19). The monoisotopic (exact) mass is 347 g/mol. The Balaban J connectivity index is 2.30. The molecule has 0 aliphatic rings. The average Bonchev–Trinajstić information content (AvgIpc) is 2.38. The van der Waals surface area contributed by atoms with Crippen molar-refractivity contribution in [2.75, 3.05) is 4.72 Å². The minimum absolute atomic E-state index is 0.171. The highest BCUT2D eigenvalue weighted by Crippen LogP contribution is 2.23. The predicted molar refractivity (Wildman–Crippen MR) is 75.3 cm³/mol. The second-order valence-electron chi connectivity index (χ2n) is 4.55. The number of nitrogens with one attached hydrogen (secondary N) is 1. The zero-order valence-electron chi connectivity index (χ0n) is 12.0. The molecule has 0 radical (unpaired) electrons. The summed E-state index contributed by atoms with van der Waals surface area (Å²) >= 11 is 0. The summed E-state index contributed by atoms with van der Waals surface area (Å²) in [5.41, 5.74) is 1.09. The Hall–Kier alpha value is -2.36. The Morgan fingerprint density at radius 1 is 1.13 bits per heavy atom. The average molecular weight is 347 g/mol. The summed E-state index contributed by atoms with van der Waals surface area (Å²) < 4.78 is 68.1. The Morgan fingerprint density at radius 2 is 1.74 bits per heavy atom. The Morgan fingerprint density at radius 3 is 2.26 bits per heavy atom. The van der Waals surface area contributed by atoms with Gasteiger partial charge in [-0.3, -0.25) is 0 Å². The molecule has 1 N–H and O–H groups in total. The molecule has 0 saturated heterocycles. The molecular weight excluding hydrogens is 335 g/mol. The fraction of sp³-hybridized carbons (Fsp3) is 0.231. The van der Waals surface area contributed by atoms with Gasteiger partial charge in [-0.2, -0.15) is 8.78 Å². The van der Waals surface area contributed by atoms with E-state index in [0.717, 1.165) is 12.1 Å². The molecule has 2 rings (SSSR count). The van der Waals surface area contributed by atoms with Crippen LogP contribution >= 0.6 is 0 Å². The summed E-state index contributed by atoms with van der Waals surface area (Å²) in [7, 11) is -4.17. The Bertz CT molecular complexity index is 808. The van der Waals surface area contributed by atoms with Crippen LogP contribution in [0.15, 0.2) is 29.2 Å². The zero-order valence-corrected chi connectivity index (χ0v) is 12.9. The molecule has 6 nitrogen and oxygen atoms in total. The molecule has 10 heteroatoms. The van der Waals surface area contributed by atoms with E-state index in [2.05, 4.69) is 19.4 Å². The lowest BCUT2D eigenvalue weighted by Gasteiger charge is -2.10. The van der Waals surface area contributed by atoms with Crippen molar-refractivity contribution in [2.24, 2.45) is 0 Å². The first-order chi connectivity index (χ1) is 10.7. The number of sulfonamides is 1. The van der Waals surface area contributed by atoms with Gasteiger partial charge >= 0.3 is 6.61 Å². The van der Waals surface area contributed by atoms with E-state index in [0.29, 0.717) is 17.5 Å². The van der Waals surface area contributed by atoms with Gasteiger partial charge in [-0.05, 0) is 38.1 Å². The van der Waals surface area contributed by atoms with Crippen LogP contribution in [0.25, 0.3) is 0 Å². The van der Waals surface area contributed by atoms with Crippen LogP contribution in [0.5, 0.6) is 5.75 Å². The minimum atomic E-state index is -4.17. The molecule has 0 aliphatic heterocycles. The van der Waals surface area contributed by atoms with Crippen molar-refractivity contribution in [3.05, 3.63) is 41.5 Å². The van der Waals surface area contributed by atoms with Crippen molar-refractivity contribution in [2.45, 2.75) is 25.4 Å². The number of benzene rings is 1. The lowest BCUT2D eigenvalue weighted by atomic mass is 10.3. The number of rotatable bonds is 5. The smallest absolute Gasteiger partial charge is 0.387 e. The van der Waals surface area contributed by atoms with Crippen LogP contribution in [0.1, 0.15) is 11.4 Å². The molecule has 1 aromatic heterocycles. The van der Waals surface area contributed by atoms with Crippen molar-refractivity contribution >= 4 is 16.0 Å². The van der Waals surface area contributed by atoms with E-state index in [4.69, 9.17) is 0 Å². The molecule has 0 aliphatic carbocycles. The molecule has 1 heterocycles. The molecule has 2 aromatic rings. The summed E-state index contributed by atoms with van der Waals surface area (Å²) in [6.45, 7) is 0.0966. The lowest BCUT2D eigenvalue weighted by molar-refractivity contribution is -0.0522. The maximum absolute atomic E-state index is 13.6. The third-order valence-corrected chi connectivity index (χ3v) is 3.96. The number of hydrogen-bond donors (Lipinski definition) is 1. The highest BCUT2D eigenvalue weighted by Gasteiger charge is 2.19. The molecule has 0 spiro atoms. The molecule has 0 fully saturated rings. The van der Waals surface area contributed by atoms with Gasteiger partial charge in [0.15, 0.2) is 11.6 Å². The van der Waals surface area contributed by atoms with E-state index >= 15 is 0 Å². The number of nitrogens with zero attached hydrogens (tertiary/aromatic N) is 2. The molecular formula is C13H12F3N3O3S. The number of hydrogen-bond acceptors (Lipinski definition) is 5. The largest absolute Gasteiger partial charge is 0.432 e. The van der Waals surface area contributed by atoms with Gasteiger partial charge in [0, 0.05) is 11.4 Å². The van der Waals surface area contributed by atoms with Crippen molar-refractivity contribution < 1.29 is 26.3 Å². The Labute approximate surface area is 130 Å². The van der Waals surface area contributed by atoms with Crippen LogP contribution in [0.2, 0.25) is 0 Å². The van der Waals surface area contributed by atoms with Gasteiger partial charge in [-0.25, -0.2) is 27.5 Å². The first-order valence-electron chi connectivity index (χ1n) is 6.27. The normalized spacial score (nSPS) is 11.6. The molecule has 0 atom stereocenters. The van der Waals surface area contributed by atoms with Crippen LogP contribution in [-0.2, 0) is 10.0 Å². The molecule has 124 valence electrons. The van der Waals surface area contributed by atoms with Crippen LogP contribution in [0.4, 0.5) is 19.1 Å². The number of ether oxygens (including phenoxy) is 1. The SMILES string of the molecule is Cc1cc(C)nc(NS(=O)(=O)c2ccc(OC(F)F)c(F)c2)n1. The molecule has 0 unspecified atom stereocenters. The third kappa shape index (κ3) is 4.31. The fourth-order valence-electron chi connectivity index (χ4n) is 1.79. The molecule has 0 amide bonds. The van der Waals surface area contributed by atoms with Crippen LogP contribution in [-0.4, -0.2) is 25.0 Å². The van der Waals surface area contributed by atoms with E-state index < -0.39 is 33.1 Å². The lowest BCUT2D eigenvalue weighted by Crippen LogP contribution is -2.16. The number of anilines is 1. The van der Waals surface area contributed by atoms with Crippen LogP contribution < -0.4 is 9.46 Å². The summed E-state index contributed by atoms with van der Waals surface area (Å²) in [5.74, 6) is -2.15. The van der Waals surface area contributed by atoms with E-state index in [1.165, 1.54) is 0 Å². The van der Waals surface area contributed by atoms with Gasteiger partial charge in [0.05, 0.1) is 4.90 Å². The number of alkyl halides is 2. The molecule has 0 saturated carbocycles. The third-order valence-electron chi connectivity index (χ3n) is 2.64. The maximum Gasteiger partial charge on any atom is 0.387 e. The maximum atomic E-state index is 13.6. The number of aryl methyl sites for hydroxylation is 2. The second-order valence-corrected chi connectivity index (χ2v) is 6.23. The summed E-state index contributed by atoms with van der Waals surface area (Å²) in [4.78, 5) is 7.34. The highest BCUT2D eigenvalue weighted by molar-refractivity contribution is 7.92. The van der Waals surface area contributed by atoms with Crippen molar-refractivity contribution in [3.63, 3.8) is 0 Å². The van der Waals surface area contributed by atoms with E-state index in [9.17, 15) is 21.6 Å². The van der Waals surface area contributed by atoms with Crippen molar-refractivity contribution in [1.82, 2.24) is 9.97 Å². The van der Waals surface area contributed by atoms with Gasteiger partial charge in [-0.15, -0.1) is 0 Å². The van der Waals surface area contributed by atoms with Crippen LogP contribution in [0, 0.1) is 19.7 Å². The first-order valence-corrected chi connectivity index (χ1v) is 7.75. The van der Waals surface area contributed by atoms with E-state index in [-0.39, 0.29) is 5.95 Å². The van der Waals surface area contributed by atoms with Gasteiger partial charge in [-0.1, -0.05) is 0 Å². The van der Waals surface area contributed by atoms with Gasteiger partial charge in [0.25, 0.3) is 10.0 Å². The fourth-order valence-corrected chi connectivity index (χ4v) is 2.75. The van der Waals surface area contributed by atoms with Gasteiger partial charge in [0.2, 0.25) is 5.95 Å². The molecule has 1 aromatic carbocycles. The van der Waals surface area contributed by atoms with Gasteiger partial charge < -0.3 is 4.74 Å². The highest BCUT2D eigenvalue weighted by atomic mass is 32.2. The quantitative estimate of drug-likeness (QED) is 0.899. The number of aromatic nitrogens is 2. The number of halogens is 3. The first kappa shape index (κ1) is 17.0. The van der Waals surface area contributed by atoms with E-state index in [1.807, 2.05) is 0 Å². The Kier molecular flexibility index (Phi) is 4.73. The summed E-state index contributed by atoms with van der Waals surface area (Å²) in [6.07, 6.45) is 0. The minimum Gasteiger partial charge on any atom is -0.432 e. The molecule has 23 heavy (non-hydrogen) atoms. The van der Waals surface area contributed by atoms with Gasteiger partial charge in [0.1, 0.15) is 0 Å². The van der Waals surface area contributed by atoms with Crippen LogP contribution in [0.3, 0.4) is 0 Å². The van der Waals surface area contributed by atoms with Crippen molar-refractivity contribution in [3.8, 4) is 5.75 Å². The second kappa shape index (κ2) is 6.41. The topological polar surface area (TPSA) is 81.2 Å². The predicted octanol–water partition coefficient (Wildman–Crippen LogP) is 2.63. The van der Waals surface area contributed by atoms with Crippen molar-refractivity contribution in [1.29, 1.82) is 0 Å².